The smallest absolute Gasteiger partial charge is 0.122 e. The van der Waals surface area contributed by atoms with Crippen molar-refractivity contribution in [2.24, 2.45) is 5.92 Å². The summed E-state index contributed by atoms with van der Waals surface area (Å²) in [5.74, 6) is 1.66. The Morgan fingerprint density at radius 2 is 2.14 bits per heavy atom. The normalized spacial score (nSPS) is 25.1. The molecule has 1 atom stereocenters. The summed E-state index contributed by atoms with van der Waals surface area (Å²) >= 11 is 0. The van der Waals surface area contributed by atoms with Gasteiger partial charge in [-0.3, -0.25) is 0 Å². The fourth-order valence-corrected chi connectivity index (χ4v) is 1.77. The molecule has 0 saturated carbocycles. The van der Waals surface area contributed by atoms with Gasteiger partial charge in [-0.15, -0.1) is 0 Å². The first kappa shape index (κ1) is 9.25. The Balaban J connectivity index is 2.58. The number of hydrogen-bond acceptors (Lipinski definition) is 1. The van der Waals surface area contributed by atoms with E-state index >= 15 is 0 Å². The van der Waals surface area contributed by atoms with Crippen molar-refractivity contribution in [2.45, 2.75) is 26.2 Å². The lowest BCUT2D eigenvalue weighted by atomic mass is 9.78. The Kier molecular flexibility index (Phi) is 2.06. The number of allylic oxidation sites excluding steroid dienone is 3. The van der Waals surface area contributed by atoms with Crippen molar-refractivity contribution in [3.63, 3.8) is 0 Å². The molecule has 2 heterocycles. The van der Waals surface area contributed by atoms with Crippen molar-refractivity contribution in [1.82, 2.24) is 9.55 Å². The lowest BCUT2D eigenvalue weighted by Crippen LogP contribution is -2.28. The summed E-state index contributed by atoms with van der Waals surface area (Å²) < 4.78 is 2.10. The van der Waals surface area contributed by atoms with E-state index in [0.29, 0.717) is 5.92 Å². The summed E-state index contributed by atoms with van der Waals surface area (Å²) in [5.41, 5.74) is 0.0347. The highest BCUT2D eigenvalue weighted by atomic mass is 15.1. The van der Waals surface area contributed by atoms with E-state index in [4.69, 9.17) is 0 Å². The van der Waals surface area contributed by atoms with E-state index < -0.39 is 0 Å². The van der Waals surface area contributed by atoms with Crippen LogP contribution in [0.2, 0.25) is 0 Å². The van der Waals surface area contributed by atoms with Gasteiger partial charge in [0.25, 0.3) is 0 Å². The van der Waals surface area contributed by atoms with Crippen LogP contribution in [-0.4, -0.2) is 9.55 Å². The van der Waals surface area contributed by atoms with Crippen molar-refractivity contribution in [2.75, 3.05) is 0 Å². The number of rotatable bonds is 1. The maximum Gasteiger partial charge on any atom is 0.122 e. The van der Waals surface area contributed by atoms with Crippen LogP contribution in [0.1, 0.15) is 26.6 Å². The largest absolute Gasteiger partial charge is 0.310 e. The number of imidazole rings is 1. The highest BCUT2D eigenvalue weighted by Crippen LogP contribution is 2.33. The van der Waals surface area contributed by atoms with Gasteiger partial charge in [0.15, 0.2) is 0 Å². The zero-order chi connectivity index (χ0) is 10.2. The molecule has 74 valence electrons. The van der Waals surface area contributed by atoms with Crippen LogP contribution in [0.4, 0.5) is 0 Å². The third-order valence-corrected chi connectivity index (χ3v) is 3.15. The minimum atomic E-state index is 0.0347. The molecule has 0 saturated heterocycles. The van der Waals surface area contributed by atoms with Crippen molar-refractivity contribution < 1.29 is 0 Å². The first-order valence-corrected chi connectivity index (χ1v) is 5.04. The number of nitrogens with zero attached hydrogens (tertiary/aromatic N) is 2. The van der Waals surface area contributed by atoms with Crippen molar-refractivity contribution in [3.8, 4) is 0 Å². The van der Waals surface area contributed by atoms with E-state index in [0.717, 1.165) is 5.82 Å². The molecule has 1 aliphatic rings. The van der Waals surface area contributed by atoms with Crippen LogP contribution in [-0.2, 0) is 5.41 Å². The predicted molar refractivity (Wildman–Crippen MR) is 58.9 cm³/mol. The van der Waals surface area contributed by atoms with Gasteiger partial charge in [-0.05, 0) is 18.9 Å². The molecule has 0 bridgehead atoms. The Bertz CT molecular complexity index is 385. The molecule has 14 heavy (non-hydrogen) atoms. The van der Waals surface area contributed by atoms with Gasteiger partial charge < -0.3 is 4.57 Å². The van der Waals surface area contributed by atoms with Crippen molar-refractivity contribution >= 4 is 6.20 Å². The summed E-state index contributed by atoms with van der Waals surface area (Å²) in [7, 11) is 0. The van der Waals surface area contributed by atoms with Gasteiger partial charge in [-0.1, -0.05) is 26.0 Å². The van der Waals surface area contributed by atoms with Crippen LogP contribution in [0.5, 0.6) is 0 Å². The third-order valence-electron chi connectivity index (χ3n) is 3.15. The quantitative estimate of drug-likeness (QED) is 0.662. The number of fused-ring (bicyclic) bond motifs is 1. The van der Waals surface area contributed by atoms with Crippen LogP contribution in [0, 0.1) is 5.92 Å². The molecule has 0 aliphatic carbocycles. The molecule has 0 fully saturated rings. The minimum absolute atomic E-state index is 0.0347. The molecule has 2 rings (SSSR count). The fraction of sp³-hybridized carbons (Fsp3) is 0.417. The molecule has 0 radical (unpaired) electrons. The van der Waals surface area contributed by atoms with Gasteiger partial charge in [-0.2, -0.15) is 0 Å². The molecular formula is C12H16N2. The van der Waals surface area contributed by atoms with Gasteiger partial charge >= 0.3 is 0 Å². The first-order chi connectivity index (χ1) is 6.64. The summed E-state index contributed by atoms with van der Waals surface area (Å²) in [6.45, 7) is 6.70. The van der Waals surface area contributed by atoms with E-state index in [-0.39, 0.29) is 5.41 Å². The maximum absolute atomic E-state index is 4.45. The molecular weight excluding hydrogens is 172 g/mol. The molecule has 1 aliphatic heterocycles. The average Bonchev–Trinajstić information content (AvgIpc) is 2.54. The molecule has 1 aromatic rings. The maximum atomic E-state index is 4.45. The molecule has 2 nitrogen and oxygen atoms in total. The van der Waals surface area contributed by atoms with Crippen molar-refractivity contribution in [1.29, 1.82) is 0 Å². The number of aromatic nitrogens is 2. The molecule has 1 unspecified atom stereocenters. The van der Waals surface area contributed by atoms with Crippen LogP contribution >= 0.6 is 0 Å². The fourth-order valence-electron chi connectivity index (χ4n) is 1.77. The molecule has 0 amide bonds. The van der Waals surface area contributed by atoms with Crippen LogP contribution in [0.3, 0.4) is 0 Å². The second-order valence-electron chi connectivity index (χ2n) is 4.30. The number of hydrogen-bond donors (Lipinski definition) is 0. The van der Waals surface area contributed by atoms with E-state index in [9.17, 15) is 0 Å². The van der Waals surface area contributed by atoms with Gasteiger partial charge in [0.05, 0.1) is 0 Å². The Morgan fingerprint density at radius 1 is 1.36 bits per heavy atom. The lowest BCUT2D eigenvalue weighted by Gasteiger charge is -2.29. The Labute approximate surface area is 85.0 Å². The van der Waals surface area contributed by atoms with Crippen LogP contribution in [0.15, 0.2) is 30.6 Å². The van der Waals surface area contributed by atoms with E-state index in [1.54, 1.807) is 0 Å². The summed E-state index contributed by atoms with van der Waals surface area (Å²) in [6.07, 6.45) is 12.3. The van der Waals surface area contributed by atoms with Gasteiger partial charge in [0.2, 0.25) is 0 Å². The van der Waals surface area contributed by atoms with Gasteiger partial charge in [0.1, 0.15) is 5.82 Å². The molecule has 2 heteroatoms. The zero-order valence-electron chi connectivity index (χ0n) is 8.94. The SMILES string of the molecule is CC(C)C1(C)C=CC=Cn2ccnc21. The highest BCUT2D eigenvalue weighted by Gasteiger charge is 2.32. The topological polar surface area (TPSA) is 17.8 Å². The van der Waals surface area contributed by atoms with Crippen molar-refractivity contribution in [3.05, 3.63) is 36.4 Å². The standard InChI is InChI=1S/C12H16N2/c1-10(2)12(3)6-4-5-8-14-9-7-13-11(12)14/h4-10H,1-3H3. The Hall–Kier alpha value is -1.31. The van der Waals surface area contributed by atoms with E-state index in [2.05, 4.69) is 48.6 Å². The third kappa shape index (κ3) is 1.22. The minimum Gasteiger partial charge on any atom is -0.310 e. The first-order valence-electron chi connectivity index (χ1n) is 5.04. The summed E-state index contributed by atoms with van der Waals surface area (Å²) in [6, 6.07) is 0. The monoisotopic (exact) mass is 188 g/mol. The Morgan fingerprint density at radius 3 is 2.86 bits per heavy atom. The van der Waals surface area contributed by atoms with Crippen LogP contribution < -0.4 is 0 Å². The van der Waals surface area contributed by atoms with E-state index in [1.807, 2.05) is 18.6 Å². The van der Waals surface area contributed by atoms with Gasteiger partial charge in [-0.25, -0.2) is 4.98 Å². The lowest BCUT2D eigenvalue weighted by molar-refractivity contribution is 0.396. The molecule has 0 spiro atoms. The average molecular weight is 188 g/mol. The second-order valence-corrected chi connectivity index (χ2v) is 4.30. The molecule has 1 aromatic heterocycles. The second kappa shape index (κ2) is 3.12. The van der Waals surface area contributed by atoms with Crippen LogP contribution in [0.25, 0.3) is 6.20 Å². The van der Waals surface area contributed by atoms with Gasteiger partial charge in [0, 0.05) is 24.0 Å². The molecule has 0 N–H and O–H groups in total. The molecule has 0 aromatic carbocycles. The van der Waals surface area contributed by atoms with E-state index in [1.165, 1.54) is 0 Å². The summed E-state index contributed by atoms with van der Waals surface area (Å²) in [5, 5.41) is 0. The zero-order valence-corrected chi connectivity index (χ0v) is 8.94. The summed E-state index contributed by atoms with van der Waals surface area (Å²) in [4.78, 5) is 4.45. The predicted octanol–water partition coefficient (Wildman–Crippen LogP) is 2.84. The highest BCUT2D eigenvalue weighted by molar-refractivity contribution is 5.38.